The molecule has 0 aliphatic heterocycles. The number of nitrogens with zero attached hydrogens (tertiary/aromatic N) is 2. The van der Waals surface area contributed by atoms with Gasteiger partial charge in [0.2, 0.25) is 5.82 Å². The van der Waals surface area contributed by atoms with Crippen LogP contribution in [0.3, 0.4) is 0 Å². The van der Waals surface area contributed by atoms with Gasteiger partial charge in [0, 0.05) is 19.2 Å². The Kier molecular flexibility index (Phi) is 6.76. The first-order valence-electron chi connectivity index (χ1n) is 7.17. The van der Waals surface area contributed by atoms with E-state index in [0.29, 0.717) is 24.1 Å². The molecule has 1 rings (SSSR count). The maximum Gasteiger partial charge on any atom is 0.311 e. The highest BCUT2D eigenvalue weighted by Gasteiger charge is 2.15. The maximum atomic E-state index is 11.0. The van der Waals surface area contributed by atoms with E-state index in [1.54, 1.807) is 6.07 Å². The third-order valence-corrected chi connectivity index (χ3v) is 2.88. The Hall–Kier alpha value is -1.85. The predicted octanol–water partition coefficient (Wildman–Crippen LogP) is 3.66. The average molecular weight is 280 g/mol. The Morgan fingerprint density at radius 2 is 2.05 bits per heavy atom. The largest absolute Gasteiger partial charge is 0.370 e. The summed E-state index contributed by atoms with van der Waals surface area (Å²) in [5.74, 6) is 1.65. The summed E-state index contributed by atoms with van der Waals surface area (Å²) in [6, 6.07) is 3.14. The lowest BCUT2D eigenvalue weighted by molar-refractivity contribution is -0.384. The molecule has 0 fully saturated rings. The normalized spacial score (nSPS) is 10.6. The standard InChI is InChI=1S/C14H24N4O2/c1-4-9-15-13-8-7-12(18(19)20)14(17-13)16-10-5-6-11(2)3/h7-8,11H,4-6,9-10H2,1-3H3,(H2,15,16,17). The molecule has 1 aromatic heterocycles. The van der Waals surface area contributed by atoms with Crippen molar-refractivity contribution in [1.29, 1.82) is 0 Å². The Bertz CT molecular complexity index is 435. The third-order valence-electron chi connectivity index (χ3n) is 2.88. The van der Waals surface area contributed by atoms with Crippen molar-refractivity contribution in [2.45, 2.75) is 40.0 Å². The highest BCUT2D eigenvalue weighted by atomic mass is 16.6. The van der Waals surface area contributed by atoms with Crippen molar-refractivity contribution in [1.82, 2.24) is 4.98 Å². The molecule has 0 aliphatic carbocycles. The highest BCUT2D eigenvalue weighted by Crippen LogP contribution is 2.24. The minimum Gasteiger partial charge on any atom is -0.370 e. The van der Waals surface area contributed by atoms with Gasteiger partial charge in [-0.15, -0.1) is 0 Å². The first-order chi connectivity index (χ1) is 9.54. The number of nitrogens with one attached hydrogen (secondary N) is 2. The molecule has 0 aromatic carbocycles. The van der Waals surface area contributed by atoms with Crippen molar-refractivity contribution in [2.75, 3.05) is 23.7 Å². The van der Waals surface area contributed by atoms with Crippen molar-refractivity contribution < 1.29 is 4.92 Å². The minimum absolute atomic E-state index is 0.0246. The third kappa shape index (κ3) is 5.42. The van der Waals surface area contributed by atoms with Crippen LogP contribution in [0.5, 0.6) is 0 Å². The fourth-order valence-corrected chi connectivity index (χ4v) is 1.80. The summed E-state index contributed by atoms with van der Waals surface area (Å²) in [6.07, 6.45) is 3.05. The molecule has 6 heteroatoms. The number of pyridine rings is 1. The van der Waals surface area contributed by atoms with Gasteiger partial charge < -0.3 is 10.6 Å². The van der Waals surface area contributed by atoms with Crippen LogP contribution >= 0.6 is 0 Å². The molecule has 0 aliphatic rings. The van der Waals surface area contributed by atoms with Crippen LogP contribution < -0.4 is 10.6 Å². The van der Waals surface area contributed by atoms with Crippen LogP contribution in [0.1, 0.15) is 40.0 Å². The van der Waals surface area contributed by atoms with Crippen LogP contribution in [-0.4, -0.2) is 23.0 Å². The van der Waals surface area contributed by atoms with E-state index in [4.69, 9.17) is 0 Å². The molecular weight excluding hydrogens is 256 g/mol. The van der Waals surface area contributed by atoms with Gasteiger partial charge >= 0.3 is 5.69 Å². The molecule has 6 nitrogen and oxygen atoms in total. The summed E-state index contributed by atoms with van der Waals surface area (Å²) < 4.78 is 0. The first kappa shape index (κ1) is 16.2. The van der Waals surface area contributed by atoms with Gasteiger partial charge in [0.25, 0.3) is 0 Å². The zero-order valence-electron chi connectivity index (χ0n) is 12.5. The number of hydrogen-bond acceptors (Lipinski definition) is 5. The number of nitro groups is 1. The van der Waals surface area contributed by atoms with Crippen LogP contribution in [0.4, 0.5) is 17.3 Å². The smallest absolute Gasteiger partial charge is 0.311 e. The van der Waals surface area contributed by atoms with E-state index in [1.165, 1.54) is 6.07 Å². The fourth-order valence-electron chi connectivity index (χ4n) is 1.80. The van der Waals surface area contributed by atoms with Gasteiger partial charge in [-0.3, -0.25) is 10.1 Å². The molecule has 20 heavy (non-hydrogen) atoms. The molecular formula is C14H24N4O2. The van der Waals surface area contributed by atoms with Crippen molar-refractivity contribution in [3.63, 3.8) is 0 Å². The summed E-state index contributed by atoms with van der Waals surface area (Å²) in [4.78, 5) is 14.9. The summed E-state index contributed by atoms with van der Waals surface area (Å²) in [6.45, 7) is 7.89. The maximum absolute atomic E-state index is 11.0. The van der Waals surface area contributed by atoms with E-state index in [-0.39, 0.29) is 5.69 Å². The second kappa shape index (κ2) is 8.35. The summed E-state index contributed by atoms with van der Waals surface area (Å²) in [5.41, 5.74) is 0.0246. The molecule has 2 N–H and O–H groups in total. The molecule has 1 heterocycles. The zero-order chi connectivity index (χ0) is 15.0. The number of hydrogen-bond donors (Lipinski definition) is 2. The lowest BCUT2D eigenvalue weighted by Gasteiger charge is -2.10. The van der Waals surface area contributed by atoms with Crippen LogP contribution in [0.2, 0.25) is 0 Å². The molecule has 0 atom stereocenters. The minimum atomic E-state index is -0.401. The van der Waals surface area contributed by atoms with E-state index >= 15 is 0 Å². The second-order valence-corrected chi connectivity index (χ2v) is 5.21. The summed E-state index contributed by atoms with van der Waals surface area (Å²) in [7, 11) is 0. The number of aromatic nitrogens is 1. The Balaban J connectivity index is 2.70. The lowest BCUT2D eigenvalue weighted by Crippen LogP contribution is -2.09. The quantitative estimate of drug-likeness (QED) is 0.410. The molecule has 1 aromatic rings. The Morgan fingerprint density at radius 1 is 1.30 bits per heavy atom. The number of anilines is 2. The SMILES string of the molecule is CCCNc1ccc([N+](=O)[O-])c(NCCCC(C)C)n1. The molecule has 112 valence electrons. The zero-order valence-corrected chi connectivity index (χ0v) is 12.5. The molecule has 0 amide bonds. The summed E-state index contributed by atoms with van der Waals surface area (Å²) in [5, 5.41) is 17.2. The van der Waals surface area contributed by atoms with E-state index in [1.807, 2.05) is 0 Å². The van der Waals surface area contributed by atoms with Gasteiger partial charge in [-0.2, -0.15) is 0 Å². The van der Waals surface area contributed by atoms with Gasteiger partial charge in [0.1, 0.15) is 5.82 Å². The highest BCUT2D eigenvalue weighted by molar-refractivity contribution is 5.60. The molecule has 0 saturated carbocycles. The average Bonchev–Trinajstić information content (AvgIpc) is 2.41. The first-order valence-corrected chi connectivity index (χ1v) is 7.17. The van der Waals surface area contributed by atoms with E-state index in [9.17, 15) is 10.1 Å². The van der Waals surface area contributed by atoms with E-state index in [2.05, 4.69) is 36.4 Å². The molecule has 0 unspecified atom stereocenters. The van der Waals surface area contributed by atoms with E-state index in [0.717, 1.165) is 25.8 Å². The van der Waals surface area contributed by atoms with Gasteiger partial charge in [0.05, 0.1) is 4.92 Å². The van der Waals surface area contributed by atoms with Crippen molar-refractivity contribution in [3.8, 4) is 0 Å². The van der Waals surface area contributed by atoms with Gasteiger partial charge in [-0.05, 0) is 31.2 Å². The molecule has 0 spiro atoms. The molecule has 0 saturated heterocycles. The van der Waals surface area contributed by atoms with Crippen LogP contribution in [0.25, 0.3) is 0 Å². The van der Waals surface area contributed by atoms with Gasteiger partial charge in [-0.25, -0.2) is 4.98 Å². The van der Waals surface area contributed by atoms with Crippen LogP contribution in [0, 0.1) is 16.0 Å². The predicted molar refractivity (Wildman–Crippen MR) is 82.2 cm³/mol. The number of rotatable bonds is 9. The fraction of sp³-hybridized carbons (Fsp3) is 0.643. The van der Waals surface area contributed by atoms with Crippen molar-refractivity contribution in [2.24, 2.45) is 5.92 Å². The Labute approximate surface area is 120 Å². The van der Waals surface area contributed by atoms with Crippen molar-refractivity contribution in [3.05, 3.63) is 22.2 Å². The van der Waals surface area contributed by atoms with Crippen molar-refractivity contribution >= 4 is 17.3 Å². The molecule has 0 radical (unpaired) electrons. The lowest BCUT2D eigenvalue weighted by atomic mass is 10.1. The van der Waals surface area contributed by atoms with E-state index < -0.39 is 4.92 Å². The second-order valence-electron chi connectivity index (χ2n) is 5.21. The topological polar surface area (TPSA) is 80.1 Å². The summed E-state index contributed by atoms with van der Waals surface area (Å²) >= 11 is 0. The monoisotopic (exact) mass is 280 g/mol. The van der Waals surface area contributed by atoms with Gasteiger partial charge in [0.15, 0.2) is 0 Å². The Morgan fingerprint density at radius 3 is 2.65 bits per heavy atom. The van der Waals surface area contributed by atoms with Crippen LogP contribution in [-0.2, 0) is 0 Å². The molecule has 0 bridgehead atoms. The van der Waals surface area contributed by atoms with Gasteiger partial charge in [-0.1, -0.05) is 20.8 Å². The van der Waals surface area contributed by atoms with Crippen LogP contribution in [0.15, 0.2) is 12.1 Å².